The fourth-order valence-corrected chi connectivity index (χ4v) is 4.08. The van der Waals surface area contributed by atoms with Crippen LogP contribution in [-0.2, 0) is 11.8 Å². The predicted octanol–water partition coefficient (Wildman–Crippen LogP) is 5.28. The fourth-order valence-electron chi connectivity index (χ4n) is 4.08. The van der Waals surface area contributed by atoms with E-state index >= 15 is 0 Å². The van der Waals surface area contributed by atoms with E-state index in [9.17, 15) is 0 Å². The summed E-state index contributed by atoms with van der Waals surface area (Å²) in [4.78, 5) is 0. The van der Waals surface area contributed by atoms with Crippen molar-refractivity contribution in [1.82, 2.24) is 5.32 Å². The monoisotopic (exact) mass is 357 g/mol. The Morgan fingerprint density at radius 2 is 1.44 bits per heavy atom. The molecule has 0 fully saturated rings. The average Bonchev–Trinajstić information content (AvgIpc) is 3.07. The van der Waals surface area contributed by atoms with Crippen molar-refractivity contribution in [1.29, 1.82) is 0 Å². The molecule has 0 saturated heterocycles. The van der Waals surface area contributed by atoms with Crippen LogP contribution in [0.3, 0.4) is 0 Å². The standard InChI is InChI=1S/C25H27NO/c1-25(2,19-10-5-4-6-11-19)20-13-15-21(16-14-20)27-24-22-12-8-7-9-18(22)17-23(24)26-3/h4-16,23-24,26H,17H2,1-3H3/t23-,24-/m1/s1. The first kappa shape index (κ1) is 17.8. The molecular formula is C25H27NO. The highest BCUT2D eigenvalue weighted by atomic mass is 16.5. The molecule has 3 aromatic rings. The van der Waals surface area contributed by atoms with Crippen molar-refractivity contribution in [2.75, 3.05) is 7.05 Å². The SMILES string of the molecule is CN[C@@H]1Cc2ccccc2[C@H]1Oc1ccc(C(C)(C)c2ccccc2)cc1. The van der Waals surface area contributed by atoms with Gasteiger partial charge in [0.05, 0.1) is 6.04 Å². The second-order valence-electron chi connectivity index (χ2n) is 7.85. The van der Waals surface area contributed by atoms with Crippen molar-refractivity contribution in [3.05, 3.63) is 101 Å². The minimum absolute atomic E-state index is 0.0345. The summed E-state index contributed by atoms with van der Waals surface area (Å²) in [6.45, 7) is 4.53. The number of rotatable bonds is 5. The number of nitrogens with one attached hydrogen (secondary N) is 1. The Labute approximate surface area is 162 Å². The second-order valence-corrected chi connectivity index (χ2v) is 7.85. The van der Waals surface area contributed by atoms with Gasteiger partial charge in [-0.2, -0.15) is 0 Å². The number of fused-ring (bicyclic) bond motifs is 1. The molecule has 2 nitrogen and oxygen atoms in total. The van der Waals surface area contributed by atoms with E-state index in [4.69, 9.17) is 4.74 Å². The first-order chi connectivity index (χ1) is 13.1. The van der Waals surface area contributed by atoms with Crippen molar-refractivity contribution < 1.29 is 4.74 Å². The lowest BCUT2D eigenvalue weighted by molar-refractivity contribution is 0.172. The summed E-state index contributed by atoms with van der Waals surface area (Å²) in [5.74, 6) is 0.921. The van der Waals surface area contributed by atoms with E-state index in [1.807, 2.05) is 7.05 Å². The van der Waals surface area contributed by atoms with Gasteiger partial charge in [-0.15, -0.1) is 0 Å². The zero-order valence-electron chi connectivity index (χ0n) is 16.3. The van der Waals surface area contributed by atoms with E-state index in [0.29, 0.717) is 6.04 Å². The van der Waals surface area contributed by atoms with Crippen LogP contribution >= 0.6 is 0 Å². The molecule has 138 valence electrons. The molecule has 0 bridgehead atoms. The number of hydrogen-bond donors (Lipinski definition) is 1. The molecule has 2 atom stereocenters. The number of ether oxygens (including phenoxy) is 1. The van der Waals surface area contributed by atoms with Gasteiger partial charge < -0.3 is 10.1 Å². The molecule has 1 N–H and O–H groups in total. The third-order valence-corrected chi connectivity index (χ3v) is 5.87. The van der Waals surface area contributed by atoms with E-state index in [0.717, 1.165) is 12.2 Å². The molecule has 0 saturated carbocycles. The zero-order chi connectivity index (χ0) is 18.9. The number of hydrogen-bond acceptors (Lipinski definition) is 2. The zero-order valence-corrected chi connectivity index (χ0v) is 16.3. The maximum atomic E-state index is 6.42. The van der Waals surface area contributed by atoms with Crippen LogP contribution in [0.5, 0.6) is 5.75 Å². The predicted molar refractivity (Wildman–Crippen MR) is 111 cm³/mol. The minimum Gasteiger partial charge on any atom is -0.484 e. The first-order valence-electron chi connectivity index (χ1n) is 9.67. The molecule has 3 aromatic carbocycles. The maximum absolute atomic E-state index is 6.42. The van der Waals surface area contributed by atoms with Crippen LogP contribution in [0.1, 0.15) is 42.2 Å². The fraction of sp³-hybridized carbons (Fsp3) is 0.280. The molecule has 0 amide bonds. The molecule has 0 aliphatic heterocycles. The van der Waals surface area contributed by atoms with Gasteiger partial charge in [0.25, 0.3) is 0 Å². The lowest BCUT2D eigenvalue weighted by atomic mass is 9.78. The van der Waals surface area contributed by atoms with Crippen LogP contribution < -0.4 is 10.1 Å². The topological polar surface area (TPSA) is 21.3 Å². The van der Waals surface area contributed by atoms with Crippen LogP contribution in [0.25, 0.3) is 0 Å². The maximum Gasteiger partial charge on any atom is 0.140 e. The Kier molecular flexibility index (Phi) is 4.75. The van der Waals surface area contributed by atoms with Gasteiger partial charge >= 0.3 is 0 Å². The van der Waals surface area contributed by atoms with E-state index in [1.165, 1.54) is 22.3 Å². The molecule has 2 heteroatoms. The van der Waals surface area contributed by atoms with E-state index in [1.54, 1.807) is 0 Å². The molecule has 0 aromatic heterocycles. The second kappa shape index (κ2) is 7.21. The smallest absolute Gasteiger partial charge is 0.140 e. The lowest BCUT2D eigenvalue weighted by Crippen LogP contribution is -2.32. The highest BCUT2D eigenvalue weighted by Crippen LogP contribution is 2.36. The van der Waals surface area contributed by atoms with Gasteiger partial charge in [0.15, 0.2) is 0 Å². The van der Waals surface area contributed by atoms with Gasteiger partial charge in [-0.25, -0.2) is 0 Å². The van der Waals surface area contributed by atoms with Crippen molar-refractivity contribution in [3.63, 3.8) is 0 Å². The van der Waals surface area contributed by atoms with Crippen molar-refractivity contribution in [2.45, 2.75) is 37.8 Å². The summed E-state index contributed by atoms with van der Waals surface area (Å²) in [6.07, 6.45) is 1.07. The first-order valence-corrected chi connectivity index (χ1v) is 9.67. The van der Waals surface area contributed by atoms with Gasteiger partial charge in [0.2, 0.25) is 0 Å². The van der Waals surface area contributed by atoms with Crippen LogP contribution in [0.4, 0.5) is 0 Å². The van der Waals surface area contributed by atoms with Crippen molar-refractivity contribution in [2.24, 2.45) is 0 Å². The summed E-state index contributed by atoms with van der Waals surface area (Å²) in [5, 5.41) is 3.41. The third-order valence-electron chi connectivity index (χ3n) is 5.87. The van der Waals surface area contributed by atoms with Crippen LogP contribution in [0, 0.1) is 0 Å². The summed E-state index contributed by atoms with van der Waals surface area (Å²) in [5.41, 5.74) is 5.25. The summed E-state index contributed by atoms with van der Waals surface area (Å²) in [7, 11) is 2.01. The summed E-state index contributed by atoms with van der Waals surface area (Å²) in [6, 6.07) is 28.1. The van der Waals surface area contributed by atoms with E-state index < -0.39 is 0 Å². The molecule has 27 heavy (non-hydrogen) atoms. The largest absolute Gasteiger partial charge is 0.484 e. The Morgan fingerprint density at radius 1 is 0.815 bits per heavy atom. The van der Waals surface area contributed by atoms with Gasteiger partial charge in [-0.1, -0.05) is 80.6 Å². The summed E-state index contributed by atoms with van der Waals surface area (Å²) >= 11 is 0. The number of likely N-dealkylation sites (N-methyl/N-ethyl adjacent to an activating group) is 1. The van der Waals surface area contributed by atoms with Gasteiger partial charge in [0, 0.05) is 5.41 Å². The Balaban J connectivity index is 1.56. The van der Waals surface area contributed by atoms with Crippen molar-refractivity contribution in [3.8, 4) is 5.75 Å². The average molecular weight is 357 g/mol. The van der Waals surface area contributed by atoms with E-state index in [2.05, 4.69) is 98.0 Å². The quantitative estimate of drug-likeness (QED) is 0.671. The van der Waals surface area contributed by atoms with Gasteiger partial charge in [-0.3, -0.25) is 0 Å². The molecule has 4 rings (SSSR count). The highest BCUT2D eigenvalue weighted by Gasteiger charge is 2.33. The minimum atomic E-state index is -0.0345. The Bertz CT molecular complexity index is 899. The normalized spacial score (nSPS) is 18.9. The van der Waals surface area contributed by atoms with Crippen LogP contribution in [0.15, 0.2) is 78.9 Å². The molecule has 0 radical (unpaired) electrons. The summed E-state index contributed by atoms with van der Waals surface area (Å²) < 4.78 is 6.42. The Hall–Kier alpha value is -2.58. The van der Waals surface area contributed by atoms with Crippen LogP contribution in [-0.4, -0.2) is 13.1 Å². The van der Waals surface area contributed by atoms with Crippen LogP contribution in [0.2, 0.25) is 0 Å². The molecular weight excluding hydrogens is 330 g/mol. The number of benzene rings is 3. The lowest BCUT2D eigenvalue weighted by Gasteiger charge is -2.27. The molecule has 1 aliphatic rings. The van der Waals surface area contributed by atoms with Gasteiger partial charge in [0.1, 0.15) is 11.9 Å². The Morgan fingerprint density at radius 3 is 2.15 bits per heavy atom. The molecule has 1 aliphatic carbocycles. The van der Waals surface area contributed by atoms with Crippen molar-refractivity contribution >= 4 is 0 Å². The molecule has 0 heterocycles. The highest BCUT2D eigenvalue weighted by molar-refractivity contribution is 5.41. The molecule has 0 unspecified atom stereocenters. The van der Waals surface area contributed by atoms with Gasteiger partial charge in [-0.05, 0) is 47.9 Å². The van der Waals surface area contributed by atoms with E-state index in [-0.39, 0.29) is 11.5 Å². The third kappa shape index (κ3) is 3.38. The molecule has 0 spiro atoms.